The van der Waals surface area contributed by atoms with E-state index >= 15 is 0 Å². The Kier molecular flexibility index (Phi) is 8.72. The Hall–Kier alpha value is -6.82. The van der Waals surface area contributed by atoms with Crippen molar-refractivity contribution in [2.24, 2.45) is 27.7 Å². The molecule has 3 heterocycles. The molecule has 0 radical (unpaired) electrons. The maximum atomic E-state index is 5.08. The topological polar surface area (TPSA) is 53.7 Å². The van der Waals surface area contributed by atoms with Crippen molar-refractivity contribution in [3.05, 3.63) is 214 Å². The summed E-state index contributed by atoms with van der Waals surface area (Å²) in [6.45, 7) is 2.18. The lowest BCUT2D eigenvalue weighted by Gasteiger charge is -2.31. The minimum Gasteiger partial charge on any atom is -0.344 e. The van der Waals surface area contributed by atoms with Crippen LogP contribution in [0.2, 0.25) is 0 Å². The van der Waals surface area contributed by atoms with Gasteiger partial charge in [0, 0.05) is 52.5 Å². The molecule has 7 aromatic rings. The molecule has 2 N–H and O–H groups in total. The Bertz CT molecular complexity index is 3160. The number of fused-ring (bicyclic) bond motifs is 8. The first-order valence-corrected chi connectivity index (χ1v) is 23.0. The SMILES string of the molecule is C1=CC2=C(CC1)c1cc(-c3cccc4c3c3ccccc3n4-c3ccc(C4=NC(c5ccccc5)=NC(c5ccccc5)N4)cc3)ccc1[C@@H]2CCC1=C2C(C=CC3CC23)CNC1. The summed E-state index contributed by atoms with van der Waals surface area (Å²) in [6.07, 6.45) is 15.6. The second-order valence-corrected chi connectivity index (χ2v) is 18.3. The van der Waals surface area contributed by atoms with Crippen molar-refractivity contribution in [3.63, 3.8) is 0 Å². The lowest BCUT2D eigenvalue weighted by atomic mass is 9.80. The van der Waals surface area contributed by atoms with Crippen molar-refractivity contribution in [2.75, 3.05) is 13.1 Å². The van der Waals surface area contributed by atoms with Gasteiger partial charge in [-0.3, -0.25) is 0 Å². The molecule has 2 aliphatic heterocycles. The molecular weight excluding hydrogens is 767 g/mol. The largest absolute Gasteiger partial charge is 0.344 e. The fourth-order valence-corrected chi connectivity index (χ4v) is 11.7. The van der Waals surface area contributed by atoms with Crippen LogP contribution in [0, 0.1) is 17.8 Å². The zero-order valence-corrected chi connectivity index (χ0v) is 35.3. The fourth-order valence-electron chi connectivity index (χ4n) is 11.7. The van der Waals surface area contributed by atoms with E-state index in [1.54, 1.807) is 22.3 Å². The number of benzene rings is 6. The summed E-state index contributed by atoms with van der Waals surface area (Å²) >= 11 is 0. The van der Waals surface area contributed by atoms with Gasteiger partial charge in [0.25, 0.3) is 0 Å². The molecule has 1 aromatic heterocycles. The van der Waals surface area contributed by atoms with Gasteiger partial charge in [-0.2, -0.15) is 0 Å². The number of aliphatic imine (C=N–C) groups is 2. The summed E-state index contributed by atoms with van der Waals surface area (Å²) in [4.78, 5) is 10.1. The Morgan fingerprint density at radius 3 is 2.41 bits per heavy atom. The zero-order valence-electron chi connectivity index (χ0n) is 35.3. The summed E-state index contributed by atoms with van der Waals surface area (Å²) in [5, 5.41) is 9.97. The van der Waals surface area contributed by atoms with Gasteiger partial charge in [-0.1, -0.05) is 139 Å². The van der Waals surface area contributed by atoms with E-state index in [1.807, 2.05) is 24.3 Å². The molecule has 6 aromatic carbocycles. The number of nitrogens with one attached hydrogen (secondary N) is 2. The van der Waals surface area contributed by atoms with E-state index in [0.717, 1.165) is 71.8 Å². The van der Waals surface area contributed by atoms with E-state index in [1.165, 1.54) is 63.3 Å². The number of amidine groups is 2. The second-order valence-electron chi connectivity index (χ2n) is 18.3. The summed E-state index contributed by atoms with van der Waals surface area (Å²) in [7, 11) is 0. The molecule has 1 saturated carbocycles. The molecule has 5 heteroatoms. The molecule has 6 aliphatic rings. The highest BCUT2D eigenvalue weighted by atomic mass is 15.2. The lowest BCUT2D eigenvalue weighted by molar-refractivity contribution is 0.527. The highest BCUT2D eigenvalue weighted by molar-refractivity contribution is 6.16. The molecule has 1 fully saturated rings. The van der Waals surface area contributed by atoms with E-state index < -0.39 is 0 Å². The maximum Gasteiger partial charge on any atom is 0.159 e. The Labute approximate surface area is 369 Å². The van der Waals surface area contributed by atoms with Crippen LogP contribution in [0.3, 0.4) is 0 Å². The minimum absolute atomic E-state index is 0.239. The zero-order chi connectivity index (χ0) is 41.4. The van der Waals surface area contributed by atoms with E-state index in [0.29, 0.717) is 11.8 Å². The molecule has 0 bridgehead atoms. The number of aromatic nitrogens is 1. The molecule has 0 saturated heterocycles. The smallest absolute Gasteiger partial charge is 0.159 e. The van der Waals surface area contributed by atoms with Crippen molar-refractivity contribution < 1.29 is 0 Å². The number of hydrogen-bond donors (Lipinski definition) is 2. The quantitative estimate of drug-likeness (QED) is 0.150. The number of para-hydroxylation sites is 1. The molecular formula is C58H49N5. The van der Waals surface area contributed by atoms with Crippen LogP contribution in [-0.4, -0.2) is 29.3 Å². The van der Waals surface area contributed by atoms with Gasteiger partial charge in [0.15, 0.2) is 5.84 Å². The van der Waals surface area contributed by atoms with Gasteiger partial charge in [0.1, 0.15) is 12.0 Å². The summed E-state index contributed by atoms with van der Waals surface area (Å²) in [6, 6.07) is 52.7. The van der Waals surface area contributed by atoms with Crippen LogP contribution in [0.4, 0.5) is 0 Å². The van der Waals surface area contributed by atoms with Gasteiger partial charge in [-0.25, -0.2) is 9.98 Å². The fraction of sp³-hybridized carbons (Fsp3) is 0.207. The Morgan fingerprint density at radius 1 is 0.714 bits per heavy atom. The Morgan fingerprint density at radius 2 is 1.52 bits per heavy atom. The first kappa shape index (κ1) is 36.8. The summed E-state index contributed by atoms with van der Waals surface area (Å²) < 4.78 is 2.43. The molecule has 5 atom stereocenters. The molecule has 306 valence electrons. The highest BCUT2D eigenvalue weighted by Gasteiger charge is 2.45. The predicted octanol–water partition coefficient (Wildman–Crippen LogP) is 12.6. The number of rotatable bonds is 8. The number of allylic oxidation sites excluding steroid dienone is 5. The van der Waals surface area contributed by atoms with Crippen LogP contribution in [-0.2, 0) is 0 Å². The van der Waals surface area contributed by atoms with Crippen LogP contribution < -0.4 is 10.6 Å². The van der Waals surface area contributed by atoms with Crippen LogP contribution in [0.15, 0.2) is 197 Å². The highest BCUT2D eigenvalue weighted by Crippen LogP contribution is 2.55. The van der Waals surface area contributed by atoms with Crippen molar-refractivity contribution in [1.82, 2.24) is 15.2 Å². The standard InChI is InChI=1S/C58H49N5/c1-3-12-36(13-4-1)56-60-57(37-14-5-2-6-15-37)62-58(61-56)38-24-28-43(29-25-38)63-52-20-10-9-18-49(52)55-44(19-11-21-53(55)63)39-26-30-48-47(45-16-7-8-17-46(45)51(48)33-39)31-27-42-35-59-34-41-23-22-40-32-50(40)54(41)42/h1-7,9-16,18-26,28-30,33,40-41,47,50,56,59H,8,17,27,31-32,34-35H2,(H,60,61,62)/t40?,41?,47-,50?,56?/m1/s1. The average molecular weight is 816 g/mol. The molecule has 63 heavy (non-hydrogen) atoms. The van der Waals surface area contributed by atoms with E-state index in [2.05, 4.69) is 161 Å². The van der Waals surface area contributed by atoms with Gasteiger partial charge in [-0.15, -0.1) is 0 Å². The average Bonchev–Trinajstić information content (AvgIpc) is 3.99. The van der Waals surface area contributed by atoms with Crippen molar-refractivity contribution >= 4 is 39.1 Å². The number of hydrogen-bond acceptors (Lipinski definition) is 4. The van der Waals surface area contributed by atoms with E-state index in [4.69, 9.17) is 9.98 Å². The van der Waals surface area contributed by atoms with Gasteiger partial charge in [0.2, 0.25) is 0 Å². The monoisotopic (exact) mass is 815 g/mol. The van der Waals surface area contributed by atoms with Crippen LogP contribution in [0.25, 0.3) is 44.2 Å². The molecule has 4 unspecified atom stereocenters. The van der Waals surface area contributed by atoms with E-state index in [9.17, 15) is 0 Å². The predicted molar refractivity (Wildman–Crippen MR) is 259 cm³/mol. The van der Waals surface area contributed by atoms with Gasteiger partial charge < -0.3 is 15.2 Å². The van der Waals surface area contributed by atoms with Crippen LogP contribution in [0.1, 0.15) is 72.0 Å². The van der Waals surface area contributed by atoms with E-state index in [-0.39, 0.29) is 6.17 Å². The molecule has 0 spiro atoms. The van der Waals surface area contributed by atoms with Crippen molar-refractivity contribution in [3.8, 4) is 16.8 Å². The summed E-state index contributed by atoms with van der Waals surface area (Å²) in [5.41, 5.74) is 18.9. The summed E-state index contributed by atoms with van der Waals surface area (Å²) in [5.74, 6) is 4.24. The molecule has 13 rings (SSSR count). The van der Waals surface area contributed by atoms with Gasteiger partial charge in [-0.05, 0) is 125 Å². The van der Waals surface area contributed by atoms with Gasteiger partial charge >= 0.3 is 0 Å². The van der Waals surface area contributed by atoms with Crippen molar-refractivity contribution in [1.29, 1.82) is 0 Å². The lowest BCUT2D eigenvalue weighted by Crippen LogP contribution is -2.33. The third-order valence-corrected chi connectivity index (χ3v) is 14.7. The first-order valence-electron chi connectivity index (χ1n) is 23.0. The normalized spacial score (nSPS) is 23.2. The molecule has 5 nitrogen and oxygen atoms in total. The third-order valence-electron chi connectivity index (χ3n) is 14.7. The first-order chi connectivity index (χ1) is 31.2. The third kappa shape index (κ3) is 6.24. The molecule has 4 aliphatic carbocycles. The second kappa shape index (κ2) is 14.9. The maximum absolute atomic E-state index is 5.08. The minimum atomic E-state index is -0.239. The van der Waals surface area contributed by atoms with Crippen LogP contribution in [0.5, 0.6) is 0 Å². The molecule has 0 amide bonds. The Balaban J connectivity index is 0.852. The van der Waals surface area contributed by atoms with Crippen molar-refractivity contribution in [2.45, 2.75) is 44.2 Å². The van der Waals surface area contributed by atoms with Gasteiger partial charge in [0.05, 0.1) is 11.0 Å². The number of nitrogens with zero attached hydrogens (tertiary/aromatic N) is 3. The van der Waals surface area contributed by atoms with Crippen LogP contribution >= 0.6 is 0 Å².